The Morgan fingerprint density at radius 1 is 1.38 bits per heavy atom. The molecule has 3 aromatic rings. The van der Waals surface area contributed by atoms with E-state index < -0.39 is 0 Å². The van der Waals surface area contributed by atoms with Crippen LogP contribution in [0.5, 0.6) is 0 Å². The third kappa shape index (κ3) is 2.71. The van der Waals surface area contributed by atoms with Crippen molar-refractivity contribution in [3.63, 3.8) is 0 Å². The molecule has 2 heterocycles. The van der Waals surface area contributed by atoms with Crippen molar-refractivity contribution in [1.82, 2.24) is 20.4 Å². The average Bonchev–Trinajstić information content (AvgIpc) is 2.95. The van der Waals surface area contributed by atoms with Crippen molar-refractivity contribution < 1.29 is 4.52 Å². The van der Waals surface area contributed by atoms with Crippen LogP contribution in [0.2, 0.25) is 0 Å². The fraction of sp³-hybridized carbons (Fsp3) is 0.267. The summed E-state index contributed by atoms with van der Waals surface area (Å²) in [6.07, 6.45) is 0.664. The lowest BCUT2D eigenvalue weighted by Gasteiger charge is -2.04. The highest BCUT2D eigenvalue weighted by atomic mass is 16.5. The van der Waals surface area contributed by atoms with Crippen LogP contribution in [-0.2, 0) is 6.42 Å². The van der Waals surface area contributed by atoms with E-state index in [1.165, 1.54) is 0 Å². The number of pyridine rings is 1. The SMILES string of the molecule is CNC(C)Cc1noc(-c2cc3ccccc3c(=O)[nH]2)n1. The molecule has 0 aliphatic heterocycles. The fourth-order valence-corrected chi connectivity index (χ4v) is 2.15. The molecule has 0 saturated carbocycles. The molecule has 21 heavy (non-hydrogen) atoms. The second kappa shape index (κ2) is 5.49. The van der Waals surface area contributed by atoms with Crippen molar-refractivity contribution in [2.75, 3.05) is 7.05 Å². The van der Waals surface area contributed by atoms with E-state index in [1.54, 1.807) is 6.07 Å². The predicted molar refractivity (Wildman–Crippen MR) is 80.1 cm³/mol. The van der Waals surface area contributed by atoms with Gasteiger partial charge < -0.3 is 14.8 Å². The van der Waals surface area contributed by atoms with Gasteiger partial charge in [-0.25, -0.2) is 0 Å². The number of nitrogens with one attached hydrogen (secondary N) is 2. The monoisotopic (exact) mass is 284 g/mol. The molecule has 0 bridgehead atoms. The molecule has 0 fully saturated rings. The Morgan fingerprint density at radius 3 is 3.00 bits per heavy atom. The minimum atomic E-state index is -0.161. The van der Waals surface area contributed by atoms with Crippen LogP contribution >= 0.6 is 0 Å². The first-order chi connectivity index (χ1) is 10.2. The van der Waals surface area contributed by atoms with Crippen LogP contribution in [0.25, 0.3) is 22.4 Å². The second-order valence-corrected chi connectivity index (χ2v) is 5.01. The molecule has 2 aromatic heterocycles. The third-order valence-electron chi connectivity index (χ3n) is 3.43. The first-order valence-electron chi connectivity index (χ1n) is 6.79. The highest BCUT2D eigenvalue weighted by Crippen LogP contribution is 2.18. The number of aromatic amines is 1. The predicted octanol–water partition coefficient (Wildman–Crippen LogP) is 1.73. The van der Waals surface area contributed by atoms with Crippen LogP contribution in [0.15, 0.2) is 39.6 Å². The Kier molecular flexibility index (Phi) is 3.53. The minimum absolute atomic E-state index is 0.161. The Morgan fingerprint density at radius 2 is 2.19 bits per heavy atom. The lowest BCUT2D eigenvalue weighted by molar-refractivity contribution is 0.417. The topological polar surface area (TPSA) is 83.8 Å². The summed E-state index contributed by atoms with van der Waals surface area (Å²) in [5, 5.41) is 8.55. The molecule has 0 spiro atoms. The number of hydrogen-bond acceptors (Lipinski definition) is 5. The number of rotatable bonds is 4. The first kappa shape index (κ1) is 13.5. The molecule has 1 aromatic carbocycles. The number of benzene rings is 1. The molecule has 0 saturated heterocycles. The van der Waals surface area contributed by atoms with Gasteiger partial charge in [-0.05, 0) is 31.5 Å². The maximum atomic E-state index is 12.0. The average molecular weight is 284 g/mol. The molecule has 3 rings (SSSR count). The summed E-state index contributed by atoms with van der Waals surface area (Å²) in [5.74, 6) is 0.942. The summed E-state index contributed by atoms with van der Waals surface area (Å²) in [6.45, 7) is 2.04. The van der Waals surface area contributed by atoms with E-state index in [-0.39, 0.29) is 11.6 Å². The normalized spacial score (nSPS) is 12.7. The van der Waals surface area contributed by atoms with Gasteiger partial charge in [0.15, 0.2) is 5.82 Å². The van der Waals surface area contributed by atoms with Crippen LogP contribution in [0.1, 0.15) is 12.7 Å². The molecule has 2 N–H and O–H groups in total. The Bertz CT molecular complexity index is 822. The third-order valence-corrected chi connectivity index (χ3v) is 3.43. The van der Waals surface area contributed by atoms with E-state index in [0.29, 0.717) is 29.2 Å². The summed E-state index contributed by atoms with van der Waals surface area (Å²) in [6, 6.07) is 9.49. The fourth-order valence-electron chi connectivity index (χ4n) is 2.15. The van der Waals surface area contributed by atoms with Crippen LogP contribution < -0.4 is 10.9 Å². The van der Waals surface area contributed by atoms with Crippen LogP contribution in [0.4, 0.5) is 0 Å². The van der Waals surface area contributed by atoms with Crippen LogP contribution in [0, 0.1) is 0 Å². The zero-order valence-electron chi connectivity index (χ0n) is 11.9. The van der Waals surface area contributed by atoms with Crippen LogP contribution in [0.3, 0.4) is 0 Å². The van der Waals surface area contributed by atoms with Crippen molar-refractivity contribution in [3.8, 4) is 11.6 Å². The number of aromatic nitrogens is 3. The standard InChI is InChI=1S/C15H16N4O2/c1-9(16-2)7-13-18-15(21-19-13)12-8-10-5-3-4-6-11(10)14(20)17-12/h3-6,8-9,16H,7H2,1-2H3,(H,17,20). The molecule has 1 unspecified atom stereocenters. The maximum Gasteiger partial charge on any atom is 0.274 e. The quantitative estimate of drug-likeness (QED) is 0.762. The summed E-state index contributed by atoms with van der Waals surface area (Å²) >= 11 is 0. The van der Waals surface area contributed by atoms with Gasteiger partial charge in [0, 0.05) is 17.8 Å². The summed E-state index contributed by atoms with van der Waals surface area (Å²) < 4.78 is 5.24. The molecule has 0 amide bonds. The number of fused-ring (bicyclic) bond motifs is 1. The Balaban J connectivity index is 1.99. The summed E-state index contributed by atoms with van der Waals surface area (Å²) in [4.78, 5) is 19.2. The van der Waals surface area contributed by atoms with E-state index in [0.717, 1.165) is 5.39 Å². The summed E-state index contributed by atoms with van der Waals surface area (Å²) in [5.41, 5.74) is 0.376. The van der Waals surface area contributed by atoms with Crippen molar-refractivity contribution in [1.29, 1.82) is 0 Å². The molecular formula is C15H16N4O2. The van der Waals surface area contributed by atoms with Gasteiger partial charge >= 0.3 is 0 Å². The maximum absolute atomic E-state index is 12.0. The zero-order valence-corrected chi connectivity index (χ0v) is 11.9. The smallest absolute Gasteiger partial charge is 0.274 e. The number of hydrogen-bond donors (Lipinski definition) is 2. The lowest BCUT2D eigenvalue weighted by atomic mass is 10.1. The number of nitrogens with zero attached hydrogens (tertiary/aromatic N) is 2. The second-order valence-electron chi connectivity index (χ2n) is 5.01. The van der Waals surface area contributed by atoms with Gasteiger partial charge in [-0.15, -0.1) is 0 Å². The molecule has 6 nitrogen and oxygen atoms in total. The van der Waals surface area contributed by atoms with E-state index in [2.05, 4.69) is 20.4 Å². The first-order valence-corrected chi connectivity index (χ1v) is 6.79. The van der Waals surface area contributed by atoms with Crippen molar-refractivity contribution >= 4 is 10.8 Å². The molecule has 0 radical (unpaired) electrons. The van der Waals surface area contributed by atoms with Gasteiger partial charge in [0.25, 0.3) is 11.4 Å². The van der Waals surface area contributed by atoms with E-state index >= 15 is 0 Å². The highest BCUT2D eigenvalue weighted by molar-refractivity contribution is 5.84. The molecule has 6 heteroatoms. The largest absolute Gasteiger partial charge is 0.332 e. The van der Waals surface area contributed by atoms with Gasteiger partial charge in [-0.1, -0.05) is 23.4 Å². The van der Waals surface area contributed by atoms with Crippen molar-refractivity contribution in [2.45, 2.75) is 19.4 Å². The minimum Gasteiger partial charge on any atom is -0.332 e. The Labute approximate surface area is 121 Å². The van der Waals surface area contributed by atoms with Gasteiger partial charge in [0.2, 0.25) is 0 Å². The molecule has 1 atom stereocenters. The molecule has 0 aliphatic rings. The zero-order chi connectivity index (χ0) is 14.8. The van der Waals surface area contributed by atoms with E-state index in [1.807, 2.05) is 38.2 Å². The summed E-state index contributed by atoms with van der Waals surface area (Å²) in [7, 11) is 1.88. The van der Waals surface area contributed by atoms with Crippen molar-refractivity contribution in [2.24, 2.45) is 0 Å². The molecule has 108 valence electrons. The van der Waals surface area contributed by atoms with Gasteiger partial charge in [0.05, 0.1) is 0 Å². The van der Waals surface area contributed by atoms with Gasteiger partial charge in [-0.2, -0.15) is 4.98 Å². The van der Waals surface area contributed by atoms with Crippen molar-refractivity contribution in [3.05, 3.63) is 46.5 Å². The number of likely N-dealkylation sites (N-methyl/N-ethyl adjacent to an activating group) is 1. The Hall–Kier alpha value is -2.47. The molecular weight excluding hydrogens is 268 g/mol. The van der Waals surface area contributed by atoms with Crippen LogP contribution in [-0.4, -0.2) is 28.2 Å². The van der Waals surface area contributed by atoms with E-state index in [9.17, 15) is 4.79 Å². The lowest BCUT2D eigenvalue weighted by Crippen LogP contribution is -2.24. The van der Waals surface area contributed by atoms with Gasteiger partial charge in [0.1, 0.15) is 5.69 Å². The van der Waals surface area contributed by atoms with Gasteiger partial charge in [-0.3, -0.25) is 4.79 Å². The molecule has 0 aliphatic carbocycles. The highest BCUT2D eigenvalue weighted by Gasteiger charge is 2.13. The van der Waals surface area contributed by atoms with E-state index in [4.69, 9.17) is 4.52 Å². The number of H-pyrrole nitrogens is 1.